The number of hydrogen-bond acceptors (Lipinski definition) is 3. The minimum absolute atomic E-state index is 0.270. The first-order valence-corrected chi connectivity index (χ1v) is 6.28. The molecule has 2 aromatic rings. The van der Waals surface area contributed by atoms with Gasteiger partial charge in [0.1, 0.15) is 11.5 Å². The van der Waals surface area contributed by atoms with E-state index in [1.165, 1.54) is 18.2 Å². The number of para-hydroxylation sites is 1. The Balaban J connectivity index is 2.40. The molecule has 0 bridgehead atoms. The Bertz CT molecular complexity index is 627. The van der Waals surface area contributed by atoms with Crippen LogP contribution in [0.2, 0.25) is 0 Å². The molecule has 0 saturated carbocycles. The number of halogens is 3. The van der Waals surface area contributed by atoms with Crippen molar-refractivity contribution in [3.63, 3.8) is 0 Å². The van der Waals surface area contributed by atoms with Gasteiger partial charge >= 0.3 is 6.36 Å². The molecule has 2 rings (SSSR count). The first-order valence-electron chi connectivity index (χ1n) is 6.28. The molecule has 0 atom stereocenters. The average Bonchev–Trinajstić information content (AvgIpc) is 2.40. The van der Waals surface area contributed by atoms with Crippen LogP contribution in [0.25, 0.3) is 11.1 Å². The molecule has 0 aliphatic carbocycles. The molecule has 0 aliphatic rings. The summed E-state index contributed by atoms with van der Waals surface area (Å²) in [6.07, 6.45) is -4.74. The van der Waals surface area contributed by atoms with Gasteiger partial charge < -0.3 is 15.2 Å². The molecule has 112 valence electrons. The van der Waals surface area contributed by atoms with Gasteiger partial charge in [0.15, 0.2) is 0 Å². The van der Waals surface area contributed by atoms with Gasteiger partial charge in [0, 0.05) is 5.56 Å². The van der Waals surface area contributed by atoms with Gasteiger partial charge in [-0.05, 0) is 30.7 Å². The maximum Gasteiger partial charge on any atom is 0.573 e. The highest BCUT2D eigenvalue weighted by Crippen LogP contribution is 2.36. The van der Waals surface area contributed by atoms with Crippen molar-refractivity contribution in [2.45, 2.75) is 13.3 Å². The van der Waals surface area contributed by atoms with E-state index in [0.29, 0.717) is 29.2 Å². The van der Waals surface area contributed by atoms with Crippen molar-refractivity contribution in [3.05, 3.63) is 42.5 Å². The first-order chi connectivity index (χ1) is 9.90. The Kier molecular flexibility index (Phi) is 4.26. The van der Waals surface area contributed by atoms with Crippen LogP contribution in [0.15, 0.2) is 42.5 Å². The summed E-state index contributed by atoms with van der Waals surface area (Å²) in [5, 5.41) is 0. The minimum atomic E-state index is -4.74. The summed E-state index contributed by atoms with van der Waals surface area (Å²) in [6, 6.07) is 10.7. The summed E-state index contributed by atoms with van der Waals surface area (Å²) in [4.78, 5) is 0. The molecule has 0 spiro atoms. The zero-order chi connectivity index (χ0) is 15.5. The second kappa shape index (κ2) is 5.95. The SMILES string of the molecule is CCOc1ccc(-c2ccccc2OC(F)(F)F)cc1N. The van der Waals surface area contributed by atoms with E-state index in [1.807, 2.05) is 6.92 Å². The molecule has 0 amide bonds. The zero-order valence-corrected chi connectivity index (χ0v) is 11.3. The summed E-state index contributed by atoms with van der Waals surface area (Å²) in [5.41, 5.74) is 7.03. The Hall–Kier alpha value is -2.37. The molecule has 3 nitrogen and oxygen atoms in total. The molecule has 2 N–H and O–H groups in total. The average molecular weight is 297 g/mol. The van der Waals surface area contributed by atoms with Gasteiger partial charge in [0.2, 0.25) is 0 Å². The highest BCUT2D eigenvalue weighted by Gasteiger charge is 2.32. The fourth-order valence-electron chi connectivity index (χ4n) is 1.92. The van der Waals surface area contributed by atoms with E-state index in [2.05, 4.69) is 4.74 Å². The normalized spacial score (nSPS) is 11.2. The van der Waals surface area contributed by atoms with Gasteiger partial charge in [-0.3, -0.25) is 0 Å². The quantitative estimate of drug-likeness (QED) is 0.859. The fraction of sp³-hybridized carbons (Fsp3) is 0.200. The monoisotopic (exact) mass is 297 g/mol. The molecule has 0 heterocycles. The van der Waals surface area contributed by atoms with Crippen molar-refractivity contribution < 1.29 is 22.6 Å². The summed E-state index contributed by atoms with van der Waals surface area (Å²) >= 11 is 0. The molecule has 0 unspecified atom stereocenters. The van der Waals surface area contributed by atoms with E-state index in [1.54, 1.807) is 24.3 Å². The summed E-state index contributed by atoms with van der Waals surface area (Å²) in [6.45, 7) is 2.27. The van der Waals surface area contributed by atoms with Crippen LogP contribution in [-0.2, 0) is 0 Å². The lowest BCUT2D eigenvalue weighted by Gasteiger charge is -2.14. The van der Waals surface area contributed by atoms with E-state index in [-0.39, 0.29) is 5.75 Å². The molecular formula is C15H14F3NO2. The van der Waals surface area contributed by atoms with Gasteiger partial charge in [-0.15, -0.1) is 13.2 Å². The molecular weight excluding hydrogens is 283 g/mol. The van der Waals surface area contributed by atoms with E-state index < -0.39 is 6.36 Å². The molecule has 0 saturated heterocycles. The number of rotatable bonds is 4. The van der Waals surface area contributed by atoms with Gasteiger partial charge in [-0.2, -0.15) is 0 Å². The van der Waals surface area contributed by atoms with Crippen molar-refractivity contribution in [1.29, 1.82) is 0 Å². The Morgan fingerprint density at radius 3 is 2.38 bits per heavy atom. The van der Waals surface area contributed by atoms with Gasteiger partial charge in [-0.25, -0.2) is 0 Å². The highest BCUT2D eigenvalue weighted by atomic mass is 19.4. The van der Waals surface area contributed by atoms with Crippen LogP contribution in [-0.4, -0.2) is 13.0 Å². The molecule has 21 heavy (non-hydrogen) atoms. The topological polar surface area (TPSA) is 44.5 Å². The molecule has 0 fully saturated rings. The van der Waals surface area contributed by atoms with Crippen LogP contribution in [0.4, 0.5) is 18.9 Å². The number of alkyl halides is 3. The maximum absolute atomic E-state index is 12.4. The van der Waals surface area contributed by atoms with Crippen LogP contribution in [0, 0.1) is 0 Å². The lowest BCUT2D eigenvalue weighted by Crippen LogP contribution is -2.17. The molecule has 0 aliphatic heterocycles. The maximum atomic E-state index is 12.4. The number of anilines is 1. The molecule has 6 heteroatoms. The van der Waals surface area contributed by atoms with E-state index in [9.17, 15) is 13.2 Å². The Morgan fingerprint density at radius 1 is 1.05 bits per heavy atom. The second-order valence-corrected chi connectivity index (χ2v) is 4.23. The van der Waals surface area contributed by atoms with Gasteiger partial charge in [0.25, 0.3) is 0 Å². The van der Waals surface area contributed by atoms with Gasteiger partial charge in [0.05, 0.1) is 12.3 Å². The summed E-state index contributed by atoms with van der Waals surface area (Å²) < 4.78 is 46.6. The number of ether oxygens (including phenoxy) is 2. The third kappa shape index (κ3) is 3.81. The lowest BCUT2D eigenvalue weighted by molar-refractivity contribution is -0.274. The third-order valence-electron chi connectivity index (χ3n) is 2.73. The van der Waals surface area contributed by atoms with Crippen LogP contribution >= 0.6 is 0 Å². The smallest absolute Gasteiger partial charge is 0.492 e. The molecule has 2 aromatic carbocycles. The standard InChI is InChI=1S/C15H14F3NO2/c1-2-20-14-8-7-10(9-12(14)19)11-5-3-4-6-13(11)21-15(16,17)18/h3-9H,2,19H2,1H3. The highest BCUT2D eigenvalue weighted by molar-refractivity contribution is 5.75. The predicted molar refractivity (Wildman–Crippen MR) is 74.1 cm³/mol. The number of nitrogen functional groups attached to an aromatic ring is 1. The van der Waals surface area contributed by atoms with E-state index in [0.717, 1.165) is 0 Å². The third-order valence-corrected chi connectivity index (χ3v) is 2.73. The lowest BCUT2D eigenvalue weighted by atomic mass is 10.0. The van der Waals surface area contributed by atoms with Crippen LogP contribution in [0.1, 0.15) is 6.92 Å². The molecule has 0 aromatic heterocycles. The summed E-state index contributed by atoms with van der Waals surface area (Å²) in [5.74, 6) is 0.226. The van der Waals surface area contributed by atoms with Crippen molar-refractivity contribution in [1.82, 2.24) is 0 Å². The van der Waals surface area contributed by atoms with Crippen molar-refractivity contribution >= 4 is 5.69 Å². The minimum Gasteiger partial charge on any atom is -0.492 e. The zero-order valence-electron chi connectivity index (χ0n) is 11.3. The van der Waals surface area contributed by atoms with Crippen LogP contribution in [0.5, 0.6) is 11.5 Å². The van der Waals surface area contributed by atoms with Crippen molar-refractivity contribution in [3.8, 4) is 22.6 Å². The van der Waals surface area contributed by atoms with Gasteiger partial charge in [-0.1, -0.05) is 24.3 Å². The number of nitrogens with two attached hydrogens (primary N) is 1. The Morgan fingerprint density at radius 2 is 1.76 bits per heavy atom. The molecule has 0 radical (unpaired) electrons. The number of hydrogen-bond donors (Lipinski definition) is 1. The largest absolute Gasteiger partial charge is 0.573 e. The fourth-order valence-corrected chi connectivity index (χ4v) is 1.92. The predicted octanol–water partition coefficient (Wildman–Crippen LogP) is 4.23. The van der Waals surface area contributed by atoms with E-state index in [4.69, 9.17) is 10.5 Å². The van der Waals surface area contributed by atoms with Crippen molar-refractivity contribution in [2.24, 2.45) is 0 Å². The van der Waals surface area contributed by atoms with Crippen molar-refractivity contribution in [2.75, 3.05) is 12.3 Å². The van der Waals surface area contributed by atoms with Crippen LogP contribution < -0.4 is 15.2 Å². The summed E-state index contributed by atoms with van der Waals surface area (Å²) in [7, 11) is 0. The first kappa shape index (κ1) is 15.0. The second-order valence-electron chi connectivity index (χ2n) is 4.23. The van der Waals surface area contributed by atoms with Crippen LogP contribution in [0.3, 0.4) is 0 Å². The number of benzene rings is 2. The Labute approximate surface area is 120 Å². The van der Waals surface area contributed by atoms with E-state index >= 15 is 0 Å².